The zero-order chi connectivity index (χ0) is 18.6. The molecule has 4 fully saturated rings. The standard InChI is InChI=1S/C22H27N3O2/c1-15-10-19(16(2)27-15)21(26)23-20-17-11-24-8-9-25(12-17)14-22(20,13-24)18-6-4-3-5-7-18/h3-7,10,17,20H,8-9,11-14H2,1-2H3,(H,23,26)/t17?,20-,22?/m1/s1. The van der Waals surface area contributed by atoms with E-state index in [9.17, 15) is 4.79 Å². The quantitative estimate of drug-likeness (QED) is 0.906. The third-order valence-corrected chi connectivity index (χ3v) is 6.72. The molecular weight excluding hydrogens is 338 g/mol. The van der Waals surface area contributed by atoms with Crippen LogP contribution in [0.5, 0.6) is 0 Å². The lowest BCUT2D eigenvalue weighted by atomic mass is 9.64. The fraction of sp³-hybridized carbons (Fsp3) is 0.500. The highest BCUT2D eigenvalue weighted by Gasteiger charge is 2.55. The van der Waals surface area contributed by atoms with Crippen molar-refractivity contribution in [2.24, 2.45) is 5.92 Å². The topological polar surface area (TPSA) is 48.7 Å². The maximum atomic E-state index is 13.1. The molecule has 27 heavy (non-hydrogen) atoms. The first-order valence-corrected chi connectivity index (χ1v) is 9.93. The van der Waals surface area contributed by atoms with Crippen molar-refractivity contribution >= 4 is 5.91 Å². The van der Waals surface area contributed by atoms with E-state index in [-0.39, 0.29) is 17.4 Å². The van der Waals surface area contributed by atoms with E-state index in [1.165, 1.54) is 5.56 Å². The summed E-state index contributed by atoms with van der Waals surface area (Å²) in [6, 6.07) is 12.8. The molecule has 3 atom stereocenters. The van der Waals surface area contributed by atoms with Crippen LogP contribution in [-0.2, 0) is 5.41 Å². The number of aryl methyl sites for hydroxylation is 2. The molecule has 1 aromatic carbocycles. The zero-order valence-corrected chi connectivity index (χ0v) is 16.1. The molecule has 1 aromatic heterocycles. The number of carbonyl (C=O) groups excluding carboxylic acids is 1. The molecule has 0 aliphatic carbocycles. The van der Waals surface area contributed by atoms with E-state index in [1.54, 1.807) is 0 Å². The minimum Gasteiger partial charge on any atom is -0.466 e. The summed E-state index contributed by atoms with van der Waals surface area (Å²) in [6.07, 6.45) is 0. The number of hydrogen-bond donors (Lipinski definition) is 1. The predicted octanol–water partition coefficient (Wildman–Crippen LogP) is 2.19. The van der Waals surface area contributed by atoms with E-state index in [0.717, 1.165) is 45.0 Å². The van der Waals surface area contributed by atoms with Crippen molar-refractivity contribution in [3.05, 3.63) is 59.0 Å². The lowest BCUT2D eigenvalue weighted by Crippen LogP contribution is -2.70. The number of nitrogens with zero attached hydrogens (tertiary/aromatic N) is 2. The molecule has 0 radical (unpaired) electrons. The van der Waals surface area contributed by atoms with Crippen molar-refractivity contribution < 1.29 is 9.21 Å². The van der Waals surface area contributed by atoms with Crippen molar-refractivity contribution in [2.45, 2.75) is 25.3 Å². The van der Waals surface area contributed by atoms with E-state index in [1.807, 2.05) is 19.9 Å². The van der Waals surface area contributed by atoms with Gasteiger partial charge in [0.2, 0.25) is 0 Å². The minimum atomic E-state index is -0.0543. The van der Waals surface area contributed by atoms with Gasteiger partial charge < -0.3 is 19.5 Å². The summed E-state index contributed by atoms with van der Waals surface area (Å²) in [5, 5.41) is 3.45. The Morgan fingerprint density at radius 2 is 1.78 bits per heavy atom. The number of carbonyl (C=O) groups is 1. The highest BCUT2D eigenvalue weighted by molar-refractivity contribution is 5.95. The van der Waals surface area contributed by atoms with Crippen molar-refractivity contribution in [1.82, 2.24) is 15.1 Å². The maximum Gasteiger partial charge on any atom is 0.255 e. The van der Waals surface area contributed by atoms with Gasteiger partial charge in [-0.2, -0.15) is 0 Å². The lowest BCUT2D eigenvalue weighted by Gasteiger charge is -2.55. The van der Waals surface area contributed by atoms with Crippen LogP contribution in [0.15, 0.2) is 40.8 Å². The molecule has 4 bridgehead atoms. The Hall–Kier alpha value is -2.11. The Kier molecular flexibility index (Phi) is 3.92. The monoisotopic (exact) mass is 365 g/mol. The molecule has 0 spiro atoms. The van der Waals surface area contributed by atoms with Gasteiger partial charge in [-0.15, -0.1) is 0 Å². The Bertz CT molecular complexity index is 844. The molecule has 1 amide bonds. The van der Waals surface area contributed by atoms with Crippen LogP contribution in [0.2, 0.25) is 0 Å². The first-order chi connectivity index (χ1) is 13.0. The SMILES string of the molecule is Cc1cc(C(=O)N[C@@H]2C3CN4CCN(C3)CC2(c2ccccc2)C4)c(C)o1. The van der Waals surface area contributed by atoms with Crippen molar-refractivity contribution in [3.8, 4) is 0 Å². The number of piperidine rings is 2. The van der Waals surface area contributed by atoms with Gasteiger partial charge in [0.05, 0.1) is 5.56 Å². The number of benzene rings is 1. The largest absolute Gasteiger partial charge is 0.466 e. The molecule has 5 nitrogen and oxygen atoms in total. The number of hydrogen-bond acceptors (Lipinski definition) is 4. The van der Waals surface area contributed by atoms with Crippen LogP contribution < -0.4 is 5.32 Å². The highest BCUT2D eigenvalue weighted by atomic mass is 16.3. The number of nitrogens with one attached hydrogen (secondary N) is 1. The van der Waals surface area contributed by atoms with Gasteiger partial charge in [0.1, 0.15) is 11.5 Å². The number of furan rings is 1. The molecule has 4 aliphatic heterocycles. The van der Waals surface area contributed by atoms with Crippen molar-refractivity contribution in [1.29, 1.82) is 0 Å². The third kappa shape index (κ3) is 2.72. The summed E-state index contributed by atoms with van der Waals surface area (Å²) >= 11 is 0. The summed E-state index contributed by atoms with van der Waals surface area (Å²) in [5.41, 5.74) is 1.96. The summed E-state index contributed by atoms with van der Waals surface area (Å²) in [6.45, 7) is 10.2. The molecule has 5 heteroatoms. The predicted molar refractivity (Wildman–Crippen MR) is 104 cm³/mol. The number of rotatable bonds is 3. The summed E-state index contributed by atoms with van der Waals surface area (Å²) < 4.78 is 5.60. The molecule has 142 valence electrons. The van der Waals surface area contributed by atoms with Gasteiger partial charge in [-0.3, -0.25) is 4.79 Å². The normalized spacial score (nSPS) is 34.4. The highest BCUT2D eigenvalue weighted by Crippen LogP contribution is 2.43. The fourth-order valence-corrected chi connectivity index (χ4v) is 5.64. The molecule has 2 unspecified atom stereocenters. The van der Waals surface area contributed by atoms with Crippen LogP contribution in [0, 0.1) is 19.8 Å². The first kappa shape index (κ1) is 17.0. The lowest BCUT2D eigenvalue weighted by molar-refractivity contribution is 0.0180. The van der Waals surface area contributed by atoms with Crippen LogP contribution in [0.4, 0.5) is 0 Å². The van der Waals surface area contributed by atoms with Crippen LogP contribution in [0.3, 0.4) is 0 Å². The molecule has 0 saturated carbocycles. The van der Waals surface area contributed by atoms with E-state index in [4.69, 9.17) is 4.42 Å². The van der Waals surface area contributed by atoms with E-state index in [2.05, 4.69) is 45.4 Å². The number of amides is 1. The Morgan fingerprint density at radius 3 is 2.37 bits per heavy atom. The van der Waals surface area contributed by atoms with Crippen LogP contribution in [-0.4, -0.2) is 61.0 Å². The average Bonchev–Trinajstić information content (AvgIpc) is 2.82. The Balaban J connectivity index is 1.53. The molecule has 1 N–H and O–H groups in total. The second-order valence-corrected chi connectivity index (χ2v) is 8.53. The smallest absolute Gasteiger partial charge is 0.255 e. The summed E-state index contributed by atoms with van der Waals surface area (Å²) in [5.74, 6) is 1.94. The van der Waals surface area contributed by atoms with Crippen LogP contribution >= 0.6 is 0 Å². The van der Waals surface area contributed by atoms with Gasteiger partial charge in [-0.1, -0.05) is 30.3 Å². The molecule has 4 aliphatic rings. The van der Waals surface area contributed by atoms with Gasteiger partial charge in [0.25, 0.3) is 5.91 Å². The Morgan fingerprint density at radius 1 is 1.11 bits per heavy atom. The summed E-state index contributed by atoms with van der Waals surface area (Å²) in [7, 11) is 0. The molecule has 5 heterocycles. The first-order valence-electron chi connectivity index (χ1n) is 9.93. The number of fused-ring (bicyclic) bond motifs is 1. The van der Waals surface area contributed by atoms with Crippen LogP contribution in [0.1, 0.15) is 27.4 Å². The zero-order valence-electron chi connectivity index (χ0n) is 16.1. The van der Waals surface area contributed by atoms with Gasteiger partial charge in [0.15, 0.2) is 0 Å². The van der Waals surface area contributed by atoms with Crippen molar-refractivity contribution in [2.75, 3.05) is 39.3 Å². The van der Waals surface area contributed by atoms with Crippen LogP contribution in [0.25, 0.3) is 0 Å². The fourth-order valence-electron chi connectivity index (χ4n) is 5.64. The maximum absolute atomic E-state index is 13.1. The Labute approximate surface area is 160 Å². The van der Waals surface area contributed by atoms with E-state index < -0.39 is 0 Å². The molecular formula is C22H27N3O2. The van der Waals surface area contributed by atoms with Gasteiger partial charge >= 0.3 is 0 Å². The van der Waals surface area contributed by atoms with E-state index in [0.29, 0.717) is 17.2 Å². The summed E-state index contributed by atoms with van der Waals surface area (Å²) in [4.78, 5) is 18.3. The average molecular weight is 365 g/mol. The van der Waals surface area contributed by atoms with Gasteiger partial charge in [-0.25, -0.2) is 0 Å². The van der Waals surface area contributed by atoms with Gasteiger partial charge in [-0.05, 0) is 25.5 Å². The third-order valence-electron chi connectivity index (χ3n) is 6.72. The second kappa shape index (κ2) is 6.21. The second-order valence-electron chi connectivity index (χ2n) is 8.53. The minimum absolute atomic E-state index is 0.000744. The van der Waals surface area contributed by atoms with E-state index >= 15 is 0 Å². The van der Waals surface area contributed by atoms with Crippen molar-refractivity contribution in [3.63, 3.8) is 0 Å². The molecule has 4 saturated heterocycles. The molecule has 6 rings (SSSR count). The molecule has 2 aromatic rings. The van der Waals surface area contributed by atoms with Gasteiger partial charge in [0, 0.05) is 56.6 Å².